The molecule has 0 aliphatic rings. The topological polar surface area (TPSA) is 51.6 Å². The Bertz CT molecular complexity index is 563. The first-order chi connectivity index (χ1) is 9.62. The van der Waals surface area contributed by atoms with Gasteiger partial charge in [-0.15, -0.1) is 0 Å². The summed E-state index contributed by atoms with van der Waals surface area (Å²) in [5.41, 5.74) is 7.96. The zero-order valence-electron chi connectivity index (χ0n) is 12.3. The zero-order chi connectivity index (χ0) is 14.5. The fourth-order valence-electron chi connectivity index (χ4n) is 2.27. The first-order valence-electron chi connectivity index (χ1n) is 6.72. The van der Waals surface area contributed by atoms with E-state index in [1.54, 1.807) is 7.11 Å². The van der Waals surface area contributed by atoms with E-state index in [0.717, 1.165) is 35.9 Å². The molecule has 0 saturated carbocycles. The summed E-state index contributed by atoms with van der Waals surface area (Å²) in [5.74, 6) is 2.75. The Kier molecular flexibility index (Phi) is 4.82. The van der Waals surface area contributed by atoms with Crippen LogP contribution in [0.4, 0.5) is 0 Å². The molecule has 0 atom stereocenters. The molecule has 4 nitrogen and oxygen atoms in total. The van der Waals surface area contributed by atoms with Gasteiger partial charge in [-0.05, 0) is 37.7 Å². The van der Waals surface area contributed by atoms with Gasteiger partial charge in [0.25, 0.3) is 0 Å². The van der Waals surface area contributed by atoms with Gasteiger partial charge >= 0.3 is 0 Å². The minimum absolute atomic E-state index is 0.523. The van der Waals surface area contributed by atoms with E-state index in [1.165, 1.54) is 5.56 Å². The van der Waals surface area contributed by atoms with E-state index >= 15 is 0 Å². The second-order valence-corrected chi connectivity index (χ2v) is 5.02. The Morgan fingerprint density at radius 2 is 2.05 bits per heavy atom. The van der Waals surface area contributed by atoms with Gasteiger partial charge in [-0.25, -0.2) is 0 Å². The number of benzene rings is 1. The third kappa shape index (κ3) is 3.62. The summed E-state index contributed by atoms with van der Waals surface area (Å²) in [6.07, 6.45) is 0. The van der Waals surface area contributed by atoms with Gasteiger partial charge in [0, 0.05) is 18.7 Å². The van der Waals surface area contributed by atoms with E-state index in [0.29, 0.717) is 6.54 Å². The highest BCUT2D eigenvalue weighted by atomic mass is 16.5. The molecule has 108 valence electrons. The van der Waals surface area contributed by atoms with Crippen molar-refractivity contribution >= 4 is 0 Å². The van der Waals surface area contributed by atoms with Gasteiger partial charge < -0.3 is 14.9 Å². The molecular formula is C16H22N2O2. The Hall–Kier alpha value is -1.78. The molecule has 0 amide bonds. The smallest absolute Gasteiger partial charge is 0.119 e. The van der Waals surface area contributed by atoms with Crippen LogP contribution in [0.15, 0.2) is 34.7 Å². The molecule has 0 spiro atoms. The van der Waals surface area contributed by atoms with Crippen molar-refractivity contribution < 1.29 is 9.15 Å². The largest absolute Gasteiger partial charge is 0.497 e. The van der Waals surface area contributed by atoms with Gasteiger partial charge in [0.05, 0.1) is 13.7 Å². The Morgan fingerprint density at radius 3 is 2.70 bits per heavy atom. The number of hydrogen-bond donors (Lipinski definition) is 1. The highest BCUT2D eigenvalue weighted by Gasteiger charge is 2.09. The fraction of sp³-hybridized carbons (Fsp3) is 0.375. The summed E-state index contributed by atoms with van der Waals surface area (Å²) in [6.45, 7) is 4.08. The molecule has 0 aliphatic heterocycles. The van der Waals surface area contributed by atoms with E-state index in [2.05, 4.69) is 24.1 Å². The molecule has 20 heavy (non-hydrogen) atoms. The SMILES string of the molecule is COc1cccc(CN(C)Cc2cc(CN)c(C)o2)c1. The Labute approximate surface area is 120 Å². The lowest BCUT2D eigenvalue weighted by atomic mass is 10.2. The summed E-state index contributed by atoms with van der Waals surface area (Å²) < 4.78 is 10.9. The highest BCUT2D eigenvalue weighted by Crippen LogP contribution is 2.18. The molecular weight excluding hydrogens is 252 g/mol. The Morgan fingerprint density at radius 1 is 1.25 bits per heavy atom. The number of ether oxygens (including phenoxy) is 1. The molecule has 0 saturated heterocycles. The summed E-state index contributed by atoms with van der Waals surface area (Å²) in [4.78, 5) is 2.20. The number of hydrogen-bond acceptors (Lipinski definition) is 4. The fourth-order valence-corrected chi connectivity index (χ4v) is 2.27. The molecule has 0 fully saturated rings. The maximum absolute atomic E-state index is 5.71. The molecule has 0 unspecified atom stereocenters. The quantitative estimate of drug-likeness (QED) is 0.880. The number of aryl methyl sites for hydroxylation is 1. The molecule has 1 aromatic heterocycles. The normalized spacial score (nSPS) is 11.1. The van der Waals surface area contributed by atoms with Crippen LogP contribution < -0.4 is 10.5 Å². The van der Waals surface area contributed by atoms with Crippen molar-refractivity contribution in [3.05, 3.63) is 53.0 Å². The van der Waals surface area contributed by atoms with Crippen LogP contribution in [0.2, 0.25) is 0 Å². The lowest BCUT2D eigenvalue weighted by Gasteiger charge is -2.15. The second-order valence-electron chi connectivity index (χ2n) is 5.02. The van der Waals surface area contributed by atoms with Crippen molar-refractivity contribution in [1.82, 2.24) is 4.90 Å². The van der Waals surface area contributed by atoms with E-state index in [-0.39, 0.29) is 0 Å². The first-order valence-corrected chi connectivity index (χ1v) is 6.72. The summed E-state index contributed by atoms with van der Waals surface area (Å²) >= 11 is 0. The van der Waals surface area contributed by atoms with E-state index in [9.17, 15) is 0 Å². The van der Waals surface area contributed by atoms with E-state index in [1.807, 2.05) is 25.1 Å². The van der Waals surface area contributed by atoms with E-state index in [4.69, 9.17) is 14.9 Å². The predicted octanol–water partition coefficient (Wildman–Crippen LogP) is 2.69. The van der Waals surface area contributed by atoms with Crippen molar-refractivity contribution in [2.45, 2.75) is 26.6 Å². The van der Waals surface area contributed by atoms with Crippen LogP contribution >= 0.6 is 0 Å². The van der Waals surface area contributed by atoms with Gasteiger partial charge in [-0.1, -0.05) is 12.1 Å². The molecule has 0 aliphatic carbocycles. The molecule has 2 rings (SSSR count). The van der Waals surface area contributed by atoms with Crippen LogP contribution in [-0.2, 0) is 19.6 Å². The predicted molar refractivity (Wildman–Crippen MR) is 79.5 cm³/mol. The average Bonchev–Trinajstić information content (AvgIpc) is 2.78. The number of nitrogens with zero attached hydrogens (tertiary/aromatic N) is 1. The van der Waals surface area contributed by atoms with Gasteiger partial charge in [0.1, 0.15) is 17.3 Å². The molecule has 2 aromatic rings. The van der Waals surface area contributed by atoms with Crippen molar-refractivity contribution in [3.8, 4) is 5.75 Å². The van der Waals surface area contributed by atoms with Crippen LogP contribution in [0, 0.1) is 6.92 Å². The summed E-state index contributed by atoms with van der Waals surface area (Å²) in [7, 11) is 3.75. The zero-order valence-corrected chi connectivity index (χ0v) is 12.3. The Balaban J connectivity index is 1.98. The number of nitrogens with two attached hydrogens (primary N) is 1. The van der Waals surface area contributed by atoms with Crippen molar-refractivity contribution in [1.29, 1.82) is 0 Å². The average molecular weight is 274 g/mol. The molecule has 4 heteroatoms. The molecule has 0 radical (unpaired) electrons. The molecule has 1 aromatic carbocycles. The monoisotopic (exact) mass is 274 g/mol. The number of rotatable bonds is 6. The number of furan rings is 1. The third-order valence-electron chi connectivity index (χ3n) is 3.30. The van der Waals surface area contributed by atoms with Crippen LogP contribution in [0.25, 0.3) is 0 Å². The molecule has 1 heterocycles. The van der Waals surface area contributed by atoms with Crippen LogP contribution in [0.3, 0.4) is 0 Å². The van der Waals surface area contributed by atoms with Gasteiger partial charge in [0.2, 0.25) is 0 Å². The van der Waals surface area contributed by atoms with Crippen LogP contribution in [-0.4, -0.2) is 19.1 Å². The maximum Gasteiger partial charge on any atom is 0.119 e. The standard InChI is InChI=1S/C16H22N2O2/c1-12-14(9-17)8-16(20-12)11-18(2)10-13-5-4-6-15(7-13)19-3/h4-8H,9-11,17H2,1-3H3. The van der Waals surface area contributed by atoms with Crippen molar-refractivity contribution in [3.63, 3.8) is 0 Å². The minimum Gasteiger partial charge on any atom is -0.497 e. The lowest BCUT2D eigenvalue weighted by Crippen LogP contribution is -2.16. The lowest BCUT2D eigenvalue weighted by molar-refractivity contribution is 0.284. The minimum atomic E-state index is 0.523. The van der Waals surface area contributed by atoms with Gasteiger partial charge in [0.15, 0.2) is 0 Å². The molecule has 0 bridgehead atoms. The highest BCUT2D eigenvalue weighted by molar-refractivity contribution is 5.28. The van der Waals surface area contributed by atoms with E-state index < -0.39 is 0 Å². The van der Waals surface area contributed by atoms with Gasteiger partial charge in [-0.3, -0.25) is 4.90 Å². The summed E-state index contributed by atoms with van der Waals surface area (Å²) in [5, 5.41) is 0. The van der Waals surface area contributed by atoms with Crippen molar-refractivity contribution in [2.75, 3.05) is 14.2 Å². The van der Waals surface area contributed by atoms with Crippen LogP contribution in [0.1, 0.15) is 22.6 Å². The molecule has 2 N–H and O–H groups in total. The van der Waals surface area contributed by atoms with Crippen LogP contribution in [0.5, 0.6) is 5.75 Å². The first kappa shape index (κ1) is 14.6. The van der Waals surface area contributed by atoms with Gasteiger partial charge in [-0.2, -0.15) is 0 Å². The summed E-state index contributed by atoms with van der Waals surface area (Å²) in [6, 6.07) is 10.1. The van der Waals surface area contributed by atoms with Crippen molar-refractivity contribution in [2.24, 2.45) is 5.73 Å². The maximum atomic E-state index is 5.71. The second kappa shape index (κ2) is 6.59. The number of methoxy groups -OCH3 is 1. The third-order valence-corrected chi connectivity index (χ3v) is 3.30.